The Labute approximate surface area is 145 Å². The molecule has 1 aliphatic rings. The van der Waals surface area contributed by atoms with Crippen LogP contribution in [0.4, 0.5) is 8.78 Å². The minimum Gasteiger partial charge on any atom is -0.383 e. The summed E-state index contributed by atoms with van der Waals surface area (Å²) in [6, 6.07) is 2.40. The summed E-state index contributed by atoms with van der Waals surface area (Å²) < 4.78 is 58.1. The van der Waals surface area contributed by atoms with E-state index >= 15 is 0 Å². The molecular weight excluding hydrogens is 360 g/mol. The Morgan fingerprint density at radius 3 is 2.58 bits per heavy atom. The number of hydrogen-bond acceptors (Lipinski definition) is 4. The summed E-state index contributed by atoms with van der Waals surface area (Å²) in [6.07, 6.45) is 0. The zero-order valence-electron chi connectivity index (χ0n) is 13.2. The number of nitrogens with one attached hydrogen (secondary N) is 1. The number of sulfonamides is 1. The minimum absolute atomic E-state index is 0.143. The first-order valence-corrected chi connectivity index (χ1v) is 9.18. The molecule has 1 heterocycles. The van der Waals surface area contributed by atoms with Crippen molar-refractivity contribution in [3.8, 4) is 0 Å². The van der Waals surface area contributed by atoms with Crippen LogP contribution in [0.2, 0.25) is 0 Å². The Kier molecular flexibility index (Phi) is 6.44. The van der Waals surface area contributed by atoms with Crippen molar-refractivity contribution >= 4 is 27.4 Å². The van der Waals surface area contributed by atoms with Gasteiger partial charge in [-0.25, -0.2) is 17.2 Å². The maximum Gasteiger partial charge on any atom is 0.246 e. The Hall–Kier alpha value is -1.36. The molecule has 0 saturated carbocycles. The van der Waals surface area contributed by atoms with Gasteiger partial charge in [0, 0.05) is 39.8 Å². The minimum atomic E-state index is -4.08. The molecule has 10 heteroatoms. The first kappa shape index (κ1) is 19.0. The molecule has 0 spiro atoms. The van der Waals surface area contributed by atoms with E-state index in [-0.39, 0.29) is 13.1 Å². The van der Waals surface area contributed by atoms with Crippen LogP contribution in [0, 0.1) is 11.6 Å². The van der Waals surface area contributed by atoms with Gasteiger partial charge in [-0.1, -0.05) is 0 Å². The van der Waals surface area contributed by atoms with E-state index in [4.69, 9.17) is 17.0 Å². The van der Waals surface area contributed by atoms with Gasteiger partial charge in [-0.15, -0.1) is 0 Å². The van der Waals surface area contributed by atoms with Crippen LogP contribution in [-0.2, 0) is 14.8 Å². The van der Waals surface area contributed by atoms with Gasteiger partial charge in [-0.05, 0) is 30.4 Å². The molecule has 0 radical (unpaired) electrons. The largest absolute Gasteiger partial charge is 0.383 e. The predicted octanol–water partition coefficient (Wildman–Crippen LogP) is 0.792. The maximum atomic E-state index is 13.8. The molecule has 1 aromatic rings. The van der Waals surface area contributed by atoms with Crippen LogP contribution < -0.4 is 5.32 Å². The van der Waals surface area contributed by atoms with Crippen LogP contribution in [-0.4, -0.2) is 69.2 Å². The lowest BCUT2D eigenvalue weighted by molar-refractivity contribution is 0.201. The Balaban J connectivity index is 2.01. The van der Waals surface area contributed by atoms with Crippen LogP contribution in [0.3, 0.4) is 0 Å². The third-order valence-electron chi connectivity index (χ3n) is 3.62. The van der Waals surface area contributed by atoms with Crippen LogP contribution >= 0.6 is 12.2 Å². The van der Waals surface area contributed by atoms with Gasteiger partial charge in [0.25, 0.3) is 0 Å². The molecule has 1 aromatic carbocycles. The SMILES string of the molecule is COCCNC(=S)N1CCN(S(=O)(=O)c2cc(F)ccc2F)CC1. The molecular formula is C14H19F2N3O3S2. The van der Waals surface area contributed by atoms with Crippen molar-refractivity contribution in [3.63, 3.8) is 0 Å². The van der Waals surface area contributed by atoms with Gasteiger partial charge in [-0.3, -0.25) is 0 Å². The molecule has 6 nitrogen and oxygen atoms in total. The Morgan fingerprint density at radius 2 is 1.96 bits per heavy atom. The maximum absolute atomic E-state index is 13.8. The Bertz CT molecular complexity index is 693. The van der Waals surface area contributed by atoms with Gasteiger partial charge in [0.15, 0.2) is 5.11 Å². The fraction of sp³-hybridized carbons (Fsp3) is 0.500. The van der Waals surface area contributed by atoms with Gasteiger partial charge in [0.1, 0.15) is 16.5 Å². The third kappa shape index (κ3) is 4.38. The summed E-state index contributed by atoms with van der Waals surface area (Å²) in [5, 5.41) is 3.52. The standard InChI is InChI=1S/C14H19F2N3O3S2/c1-22-9-4-17-14(23)18-5-7-19(8-6-18)24(20,21)13-10-11(15)2-3-12(13)16/h2-3,10H,4-9H2,1H3,(H,17,23). The zero-order chi connectivity index (χ0) is 17.7. The molecule has 0 bridgehead atoms. The van der Waals surface area contributed by atoms with Gasteiger partial charge in [-0.2, -0.15) is 4.31 Å². The normalized spacial score (nSPS) is 16.2. The number of rotatable bonds is 5. The van der Waals surface area contributed by atoms with Crippen LogP contribution in [0.25, 0.3) is 0 Å². The van der Waals surface area contributed by atoms with Crippen molar-refractivity contribution in [1.29, 1.82) is 0 Å². The van der Waals surface area contributed by atoms with Crippen LogP contribution in [0.5, 0.6) is 0 Å². The van der Waals surface area contributed by atoms with Crippen molar-refractivity contribution in [2.45, 2.75) is 4.90 Å². The van der Waals surface area contributed by atoms with Gasteiger partial charge < -0.3 is 15.0 Å². The lowest BCUT2D eigenvalue weighted by Gasteiger charge is -2.35. The number of benzene rings is 1. The number of hydrogen-bond donors (Lipinski definition) is 1. The molecule has 134 valence electrons. The van der Waals surface area contributed by atoms with Gasteiger partial charge in [0.2, 0.25) is 10.0 Å². The van der Waals surface area contributed by atoms with E-state index in [0.29, 0.717) is 37.4 Å². The van der Waals surface area contributed by atoms with Crippen molar-refractivity contribution in [2.24, 2.45) is 0 Å². The smallest absolute Gasteiger partial charge is 0.246 e. The quantitative estimate of drug-likeness (QED) is 0.603. The highest BCUT2D eigenvalue weighted by molar-refractivity contribution is 7.89. The number of methoxy groups -OCH3 is 1. The lowest BCUT2D eigenvalue weighted by Crippen LogP contribution is -2.53. The van der Waals surface area contributed by atoms with Crippen molar-refractivity contribution in [1.82, 2.24) is 14.5 Å². The second kappa shape index (κ2) is 8.15. The van der Waals surface area contributed by atoms with E-state index < -0.39 is 26.6 Å². The van der Waals surface area contributed by atoms with E-state index in [2.05, 4.69) is 5.32 Å². The molecule has 2 rings (SSSR count). The summed E-state index contributed by atoms with van der Waals surface area (Å²) in [4.78, 5) is 1.19. The third-order valence-corrected chi connectivity index (χ3v) is 5.94. The molecule has 1 aliphatic heterocycles. The van der Waals surface area contributed by atoms with Crippen molar-refractivity contribution in [3.05, 3.63) is 29.8 Å². The number of ether oxygens (including phenoxy) is 1. The zero-order valence-corrected chi connectivity index (χ0v) is 14.8. The fourth-order valence-electron chi connectivity index (χ4n) is 2.32. The van der Waals surface area contributed by atoms with E-state index in [9.17, 15) is 17.2 Å². The van der Waals surface area contributed by atoms with E-state index in [1.54, 1.807) is 7.11 Å². The summed E-state index contributed by atoms with van der Waals surface area (Å²) in [5.74, 6) is -1.76. The molecule has 0 atom stereocenters. The molecule has 24 heavy (non-hydrogen) atoms. The first-order valence-electron chi connectivity index (χ1n) is 7.33. The van der Waals surface area contributed by atoms with Crippen molar-refractivity contribution in [2.75, 3.05) is 46.4 Å². The highest BCUT2D eigenvalue weighted by atomic mass is 32.2. The monoisotopic (exact) mass is 379 g/mol. The summed E-state index contributed by atoms with van der Waals surface area (Å²) in [6.45, 7) is 2.09. The van der Waals surface area contributed by atoms with Crippen molar-refractivity contribution < 1.29 is 21.9 Å². The van der Waals surface area contributed by atoms with Gasteiger partial charge in [0.05, 0.1) is 6.61 Å². The van der Waals surface area contributed by atoms with Crippen LogP contribution in [0.15, 0.2) is 23.1 Å². The average Bonchev–Trinajstić information content (AvgIpc) is 2.57. The number of nitrogens with zero attached hydrogens (tertiary/aromatic N) is 2. The summed E-state index contributed by atoms with van der Waals surface area (Å²) in [5.41, 5.74) is 0. The number of thiocarbonyl (C=S) groups is 1. The molecule has 1 N–H and O–H groups in total. The fourth-order valence-corrected chi connectivity index (χ4v) is 4.10. The highest BCUT2D eigenvalue weighted by Crippen LogP contribution is 2.21. The molecule has 1 fully saturated rings. The Morgan fingerprint density at radius 1 is 1.29 bits per heavy atom. The summed E-state index contributed by atoms with van der Waals surface area (Å²) in [7, 11) is -2.49. The molecule has 0 aliphatic carbocycles. The molecule has 0 unspecified atom stereocenters. The van der Waals surface area contributed by atoms with E-state index in [1.165, 1.54) is 0 Å². The number of halogens is 2. The first-order chi connectivity index (χ1) is 11.4. The van der Waals surface area contributed by atoms with Crippen LogP contribution in [0.1, 0.15) is 0 Å². The van der Waals surface area contributed by atoms with E-state index in [1.807, 2.05) is 4.90 Å². The second-order valence-corrected chi connectivity index (χ2v) is 7.48. The predicted molar refractivity (Wildman–Crippen MR) is 89.2 cm³/mol. The summed E-state index contributed by atoms with van der Waals surface area (Å²) >= 11 is 5.23. The molecule has 1 saturated heterocycles. The van der Waals surface area contributed by atoms with Gasteiger partial charge >= 0.3 is 0 Å². The molecule has 0 amide bonds. The lowest BCUT2D eigenvalue weighted by atomic mass is 10.3. The highest BCUT2D eigenvalue weighted by Gasteiger charge is 2.31. The topological polar surface area (TPSA) is 61.9 Å². The number of piperazine rings is 1. The van der Waals surface area contributed by atoms with E-state index in [0.717, 1.165) is 16.4 Å². The molecule has 0 aromatic heterocycles. The average molecular weight is 379 g/mol. The second-order valence-electron chi connectivity index (χ2n) is 5.19.